The van der Waals surface area contributed by atoms with Crippen LogP contribution in [0, 0.1) is 5.92 Å². The zero-order chi connectivity index (χ0) is 13.0. The molecule has 1 aromatic heterocycles. The molecule has 18 heavy (non-hydrogen) atoms. The van der Waals surface area contributed by atoms with Gasteiger partial charge in [-0.1, -0.05) is 44.9 Å². The summed E-state index contributed by atoms with van der Waals surface area (Å²) < 4.78 is 0. The van der Waals surface area contributed by atoms with E-state index in [1.54, 1.807) is 0 Å². The number of hydrogen-bond acceptors (Lipinski definition) is 2. The van der Waals surface area contributed by atoms with E-state index < -0.39 is 0 Å². The molecule has 0 aliphatic rings. The molecule has 1 aromatic carbocycles. The Balaban J connectivity index is 2.26. The molecule has 2 N–H and O–H groups in total. The van der Waals surface area contributed by atoms with E-state index in [0.29, 0.717) is 5.92 Å². The van der Waals surface area contributed by atoms with Gasteiger partial charge < -0.3 is 5.73 Å². The largest absolute Gasteiger partial charge is 0.327 e. The van der Waals surface area contributed by atoms with Gasteiger partial charge in [0.25, 0.3) is 0 Å². The first kappa shape index (κ1) is 13.0. The molecule has 96 valence electrons. The smallest absolute Gasteiger partial charge is 0.0704 e. The number of aromatic nitrogens is 1. The maximum atomic E-state index is 6.34. The van der Waals surface area contributed by atoms with Crippen molar-refractivity contribution in [3.05, 3.63) is 42.1 Å². The van der Waals surface area contributed by atoms with Gasteiger partial charge in [0.2, 0.25) is 0 Å². The van der Waals surface area contributed by atoms with Crippen LogP contribution in [0.4, 0.5) is 0 Å². The number of rotatable bonds is 5. The first-order valence-corrected chi connectivity index (χ1v) is 6.84. The van der Waals surface area contributed by atoms with E-state index in [-0.39, 0.29) is 6.04 Å². The van der Waals surface area contributed by atoms with Gasteiger partial charge in [-0.25, -0.2) is 0 Å². The van der Waals surface area contributed by atoms with Gasteiger partial charge >= 0.3 is 0 Å². The monoisotopic (exact) mass is 242 g/mol. The van der Waals surface area contributed by atoms with Gasteiger partial charge in [-0.05, 0) is 30.0 Å². The fourth-order valence-electron chi connectivity index (χ4n) is 2.65. The van der Waals surface area contributed by atoms with Gasteiger partial charge in [0.15, 0.2) is 0 Å². The van der Waals surface area contributed by atoms with E-state index in [2.05, 4.69) is 43.1 Å². The summed E-state index contributed by atoms with van der Waals surface area (Å²) in [7, 11) is 0. The summed E-state index contributed by atoms with van der Waals surface area (Å²) in [5, 5.41) is 1.24. The number of benzene rings is 1. The average molecular weight is 242 g/mol. The maximum Gasteiger partial charge on any atom is 0.0704 e. The SMILES string of the molecule is CCC(CC)C(N)Cc1ccnc2ccccc12. The summed E-state index contributed by atoms with van der Waals surface area (Å²) in [6, 6.07) is 10.6. The Morgan fingerprint density at radius 1 is 1.11 bits per heavy atom. The van der Waals surface area contributed by atoms with E-state index in [0.717, 1.165) is 24.8 Å². The molecule has 1 heterocycles. The van der Waals surface area contributed by atoms with Crippen LogP contribution in [0.5, 0.6) is 0 Å². The minimum Gasteiger partial charge on any atom is -0.327 e. The van der Waals surface area contributed by atoms with Crippen LogP contribution in [-0.2, 0) is 6.42 Å². The van der Waals surface area contributed by atoms with Crippen molar-refractivity contribution in [2.75, 3.05) is 0 Å². The Labute approximate surface area is 109 Å². The van der Waals surface area contributed by atoms with E-state index in [1.807, 2.05) is 12.3 Å². The molecule has 0 fully saturated rings. The second kappa shape index (κ2) is 5.96. The van der Waals surface area contributed by atoms with Crippen molar-refractivity contribution in [1.82, 2.24) is 4.98 Å². The van der Waals surface area contributed by atoms with E-state index >= 15 is 0 Å². The summed E-state index contributed by atoms with van der Waals surface area (Å²) in [5.74, 6) is 0.608. The van der Waals surface area contributed by atoms with E-state index in [1.165, 1.54) is 10.9 Å². The van der Waals surface area contributed by atoms with Crippen molar-refractivity contribution in [3.63, 3.8) is 0 Å². The van der Waals surface area contributed by atoms with E-state index in [4.69, 9.17) is 5.73 Å². The van der Waals surface area contributed by atoms with Crippen LogP contribution >= 0.6 is 0 Å². The van der Waals surface area contributed by atoms with Gasteiger partial charge in [0.1, 0.15) is 0 Å². The van der Waals surface area contributed by atoms with Crippen molar-refractivity contribution >= 4 is 10.9 Å². The topological polar surface area (TPSA) is 38.9 Å². The van der Waals surface area contributed by atoms with Crippen molar-refractivity contribution in [1.29, 1.82) is 0 Å². The normalized spacial score (nSPS) is 13.1. The Morgan fingerprint density at radius 3 is 2.56 bits per heavy atom. The average Bonchev–Trinajstić information content (AvgIpc) is 2.40. The minimum atomic E-state index is 0.241. The maximum absolute atomic E-state index is 6.34. The van der Waals surface area contributed by atoms with Gasteiger partial charge in [0.05, 0.1) is 5.52 Å². The summed E-state index contributed by atoms with van der Waals surface area (Å²) in [6.45, 7) is 4.44. The molecule has 2 heteroatoms. The molecule has 0 aliphatic carbocycles. The third kappa shape index (κ3) is 2.70. The predicted molar refractivity (Wildman–Crippen MR) is 77.5 cm³/mol. The van der Waals surface area contributed by atoms with Crippen LogP contribution in [-0.4, -0.2) is 11.0 Å². The van der Waals surface area contributed by atoms with Crippen molar-refractivity contribution in [3.8, 4) is 0 Å². The van der Waals surface area contributed by atoms with Crippen LogP contribution in [0.3, 0.4) is 0 Å². The number of nitrogens with zero attached hydrogens (tertiary/aromatic N) is 1. The molecule has 1 atom stereocenters. The predicted octanol–water partition coefficient (Wildman–Crippen LogP) is 3.54. The fraction of sp³-hybridized carbons (Fsp3) is 0.438. The lowest BCUT2D eigenvalue weighted by molar-refractivity contribution is 0.394. The molecule has 0 amide bonds. The van der Waals surface area contributed by atoms with Crippen LogP contribution in [0.2, 0.25) is 0 Å². The molecule has 2 nitrogen and oxygen atoms in total. The van der Waals surface area contributed by atoms with Crippen LogP contribution < -0.4 is 5.73 Å². The highest BCUT2D eigenvalue weighted by molar-refractivity contribution is 5.81. The molecule has 0 saturated heterocycles. The van der Waals surface area contributed by atoms with Crippen LogP contribution in [0.15, 0.2) is 36.5 Å². The standard InChI is InChI=1S/C16H22N2/c1-3-12(4-2)15(17)11-13-9-10-18-16-8-6-5-7-14(13)16/h5-10,12,15H,3-4,11,17H2,1-2H3. The Hall–Kier alpha value is -1.41. The Morgan fingerprint density at radius 2 is 1.83 bits per heavy atom. The zero-order valence-electron chi connectivity index (χ0n) is 11.3. The number of nitrogens with two attached hydrogens (primary N) is 1. The Bertz CT molecular complexity index is 498. The molecule has 0 aliphatic heterocycles. The summed E-state index contributed by atoms with van der Waals surface area (Å²) in [6.07, 6.45) is 5.13. The molecule has 0 radical (unpaired) electrons. The molecule has 0 spiro atoms. The molecule has 2 rings (SSSR count). The van der Waals surface area contributed by atoms with Crippen LogP contribution in [0.1, 0.15) is 32.3 Å². The summed E-state index contributed by atoms with van der Waals surface area (Å²) in [5.41, 5.74) is 8.72. The summed E-state index contributed by atoms with van der Waals surface area (Å²) in [4.78, 5) is 4.39. The van der Waals surface area contributed by atoms with E-state index in [9.17, 15) is 0 Å². The second-order valence-electron chi connectivity index (χ2n) is 4.93. The number of pyridine rings is 1. The third-order valence-electron chi connectivity index (χ3n) is 3.85. The number of para-hydroxylation sites is 1. The fourth-order valence-corrected chi connectivity index (χ4v) is 2.65. The van der Waals surface area contributed by atoms with Gasteiger partial charge in [-0.15, -0.1) is 0 Å². The quantitative estimate of drug-likeness (QED) is 0.871. The number of hydrogen-bond donors (Lipinski definition) is 1. The Kier molecular flexibility index (Phi) is 4.32. The molecule has 0 bridgehead atoms. The highest BCUT2D eigenvalue weighted by Gasteiger charge is 2.15. The highest BCUT2D eigenvalue weighted by Crippen LogP contribution is 2.21. The second-order valence-corrected chi connectivity index (χ2v) is 4.93. The molecule has 0 saturated carbocycles. The molecule has 2 aromatic rings. The highest BCUT2D eigenvalue weighted by atomic mass is 14.7. The third-order valence-corrected chi connectivity index (χ3v) is 3.85. The van der Waals surface area contributed by atoms with Crippen LogP contribution in [0.25, 0.3) is 10.9 Å². The lowest BCUT2D eigenvalue weighted by atomic mass is 9.89. The minimum absolute atomic E-state index is 0.241. The first-order valence-electron chi connectivity index (χ1n) is 6.84. The summed E-state index contributed by atoms with van der Waals surface area (Å²) >= 11 is 0. The van der Waals surface area contributed by atoms with Crippen molar-refractivity contribution < 1.29 is 0 Å². The van der Waals surface area contributed by atoms with Gasteiger partial charge in [-0.3, -0.25) is 4.98 Å². The molecular weight excluding hydrogens is 220 g/mol. The van der Waals surface area contributed by atoms with Gasteiger partial charge in [0, 0.05) is 17.6 Å². The lowest BCUT2D eigenvalue weighted by Gasteiger charge is -2.21. The van der Waals surface area contributed by atoms with Gasteiger partial charge in [-0.2, -0.15) is 0 Å². The van der Waals surface area contributed by atoms with Crippen molar-refractivity contribution in [2.24, 2.45) is 11.7 Å². The first-order chi connectivity index (χ1) is 8.76. The lowest BCUT2D eigenvalue weighted by Crippen LogP contribution is -2.31. The molecular formula is C16H22N2. The molecule has 1 unspecified atom stereocenters. The number of fused-ring (bicyclic) bond motifs is 1. The van der Waals surface area contributed by atoms with Crippen molar-refractivity contribution in [2.45, 2.75) is 39.2 Å². The zero-order valence-corrected chi connectivity index (χ0v) is 11.3.